The van der Waals surface area contributed by atoms with Crippen LogP contribution in [-0.4, -0.2) is 23.9 Å². The van der Waals surface area contributed by atoms with Crippen molar-refractivity contribution in [2.24, 2.45) is 11.7 Å². The van der Waals surface area contributed by atoms with Crippen LogP contribution in [0.3, 0.4) is 0 Å². The fourth-order valence-electron chi connectivity index (χ4n) is 2.37. The van der Waals surface area contributed by atoms with Crippen LogP contribution in [0.15, 0.2) is 34.7 Å². The summed E-state index contributed by atoms with van der Waals surface area (Å²) in [7, 11) is 0. The van der Waals surface area contributed by atoms with E-state index in [-0.39, 0.29) is 17.9 Å². The molecule has 0 radical (unpaired) electrons. The van der Waals surface area contributed by atoms with E-state index in [0.29, 0.717) is 13.1 Å². The Hall–Kier alpha value is -1.81. The number of benzene rings is 1. The smallest absolute Gasteiger partial charge is 0.227 e. The van der Waals surface area contributed by atoms with Crippen LogP contribution in [0.2, 0.25) is 0 Å². The van der Waals surface area contributed by atoms with Gasteiger partial charge in [0, 0.05) is 24.4 Å². The highest BCUT2D eigenvalue weighted by Gasteiger charge is 2.25. The van der Waals surface area contributed by atoms with E-state index in [0.717, 1.165) is 16.7 Å². The van der Waals surface area contributed by atoms with Gasteiger partial charge >= 0.3 is 0 Å². The summed E-state index contributed by atoms with van der Waals surface area (Å²) in [6.45, 7) is 6.82. The largest absolute Gasteiger partial charge is 0.459 e. The Morgan fingerprint density at radius 1 is 1.35 bits per heavy atom. The molecule has 1 aromatic heterocycles. The van der Waals surface area contributed by atoms with Crippen molar-refractivity contribution >= 4 is 16.9 Å². The molecule has 1 heterocycles. The van der Waals surface area contributed by atoms with Gasteiger partial charge in [-0.15, -0.1) is 0 Å². The molecule has 2 atom stereocenters. The fourth-order valence-corrected chi connectivity index (χ4v) is 2.37. The number of rotatable bonds is 5. The highest BCUT2D eigenvalue weighted by Crippen LogP contribution is 2.28. The summed E-state index contributed by atoms with van der Waals surface area (Å²) in [5.74, 6) is 0.718. The van der Waals surface area contributed by atoms with Crippen molar-refractivity contribution in [3.8, 4) is 0 Å². The van der Waals surface area contributed by atoms with E-state index in [1.807, 2.05) is 56.0 Å². The topological polar surface area (TPSA) is 59.5 Å². The Bertz CT molecular complexity index is 558. The molecular formula is C16H22N2O2. The first-order chi connectivity index (χ1) is 9.58. The van der Waals surface area contributed by atoms with Gasteiger partial charge in [0.1, 0.15) is 11.3 Å². The number of furan rings is 1. The molecule has 2 unspecified atom stereocenters. The zero-order chi connectivity index (χ0) is 14.7. The molecule has 1 amide bonds. The van der Waals surface area contributed by atoms with E-state index in [1.54, 1.807) is 0 Å². The minimum Gasteiger partial charge on any atom is -0.459 e. The van der Waals surface area contributed by atoms with Crippen molar-refractivity contribution in [3.63, 3.8) is 0 Å². The number of amides is 1. The third-order valence-electron chi connectivity index (χ3n) is 3.72. The van der Waals surface area contributed by atoms with Crippen LogP contribution in [0.1, 0.15) is 32.6 Å². The Morgan fingerprint density at radius 2 is 2.05 bits per heavy atom. The summed E-state index contributed by atoms with van der Waals surface area (Å²) < 4.78 is 5.85. The number of hydrogen-bond donors (Lipinski definition) is 1. The van der Waals surface area contributed by atoms with Gasteiger partial charge in [0.05, 0.1) is 6.04 Å². The van der Waals surface area contributed by atoms with Crippen LogP contribution < -0.4 is 5.73 Å². The van der Waals surface area contributed by atoms with E-state index < -0.39 is 0 Å². The second kappa shape index (κ2) is 6.09. The Balaban J connectivity index is 2.27. The minimum atomic E-state index is -0.165. The SMILES string of the molecule is CCN(C(=O)C(C)CN)C(C)c1cc2ccccc2o1. The molecule has 0 saturated heterocycles. The molecule has 0 aliphatic heterocycles. The molecule has 4 heteroatoms. The van der Waals surface area contributed by atoms with Gasteiger partial charge in [-0.3, -0.25) is 4.79 Å². The molecule has 1 aromatic carbocycles. The van der Waals surface area contributed by atoms with Crippen LogP contribution in [0.5, 0.6) is 0 Å². The van der Waals surface area contributed by atoms with Crippen LogP contribution in [0, 0.1) is 5.92 Å². The molecule has 20 heavy (non-hydrogen) atoms. The van der Waals surface area contributed by atoms with E-state index in [9.17, 15) is 4.79 Å². The highest BCUT2D eigenvalue weighted by atomic mass is 16.3. The number of carbonyl (C=O) groups is 1. The van der Waals surface area contributed by atoms with Crippen molar-refractivity contribution in [1.82, 2.24) is 4.90 Å². The zero-order valence-corrected chi connectivity index (χ0v) is 12.3. The first-order valence-corrected chi connectivity index (χ1v) is 7.07. The lowest BCUT2D eigenvalue weighted by atomic mass is 10.1. The molecule has 108 valence electrons. The summed E-state index contributed by atoms with van der Waals surface area (Å²) >= 11 is 0. The first kappa shape index (κ1) is 14.6. The molecule has 0 bridgehead atoms. The van der Waals surface area contributed by atoms with Gasteiger partial charge in [-0.25, -0.2) is 0 Å². The van der Waals surface area contributed by atoms with Crippen LogP contribution in [0.25, 0.3) is 11.0 Å². The average molecular weight is 274 g/mol. The number of hydrogen-bond acceptors (Lipinski definition) is 3. The van der Waals surface area contributed by atoms with Crippen LogP contribution in [0.4, 0.5) is 0 Å². The number of fused-ring (bicyclic) bond motifs is 1. The van der Waals surface area contributed by atoms with E-state index in [1.165, 1.54) is 0 Å². The molecule has 0 fully saturated rings. The van der Waals surface area contributed by atoms with Crippen molar-refractivity contribution in [1.29, 1.82) is 0 Å². The Kier molecular flexibility index (Phi) is 4.45. The van der Waals surface area contributed by atoms with Gasteiger partial charge < -0.3 is 15.1 Å². The lowest BCUT2D eigenvalue weighted by Crippen LogP contribution is -2.39. The summed E-state index contributed by atoms with van der Waals surface area (Å²) in [6.07, 6.45) is 0. The number of carbonyl (C=O) groups excluding carboxylic acids is 1. The lowest BCUT2D eigenvalue weighted by Gasteiger charge is -2.28. The van der Waals surface area contributed by atoms with Crippen molar-refractivity contribution in [2.75, 3.05) is 13.1 Å². The Labute approximate surface area is 119 Å². The molecular weight excluding hydrogens is 252 g/mol. The lowest BCUT2D eigenvalue weighted by molar-refractivity contribution is -0.137. The standard InChI is InChI=1S/C16H22N2O2/c1-4-18(16(19)11(2)10-17)12(3)15-9-13-7-5-6-8-14(13)20-15/h5-9,11-12H,4,10,17H2,1-3H3. The molecule has 0 saturated carbocycles. The van der Waals surface area contributed by atoms with Crippen molar-refractivity contribution in [2.45, 2.75) is 26.8 Å². The van der Waals surface area contributed by atoms with Gasteiger partial charge in [0.15, 0.2) is 0 Å². The third kappa shape index (κ3) is 2.70. The molecule has 2 aromatic rings. The van der Waals surface area contributed by atoms with Crippen LogP contribution in [-0.2, 0) is 4.79 Å². The molecule has 4 nitrogen and oxygen atoms in total. The van der Waals surface area contributed by atoms with Crippen molar-refractivity contribution in [3.05, 3.63) is 36.1 Å². The second-order valence-electron chi connectivity index (χ2n) is 5.12. The van der Waals surface area contributed by atoms with Crippen LogP contribution >= 0.6 is 0 Å². The zero-order valence-electron chi connectivity index (χ0n) is 12.3. The summed E-state index contributed by atoms with van der Waals surface area (Å²) in [4.78, 5) is 14.2. The maximum absolute atomic E-state index is 12.3. The van der Waals surface area contributed by atoms with Gasteiger partial charge in [-0.2, -0.15) is 0 Å². The normalized spacial score (nSPS) is 14.2. The monoisotopic (exact) mass is 274 g/mol. The predicted octanol–water partition coefficient (Wildman–Crippen LogP) is 2.94. The Morgan fingerprint density at radius 3 is 2.65 bits per heavy atom. The third-order valence-corrected chi connectivity index (χ3v) is 3.72. The van der Waals surface area contributed by atoms with Gasteiger partial charge in [0.2, 0.25) is 5.91 Å². The van der Waals surface area contributed by atoms with Crippen molar-refractivity contribution < 1.29 is 9.21 Å². The molecule has 0 spiro atoms. The highest BCUT2D eigenvalue weighted by molar-refractivity contribution is 5.80. The molecule has 2 rings (SSSR count). The van der Waals surface area contributed by atoms with Gasteiger partial charge in [-0.1, -0.05) is 25.1 Å². The average Bonchev–Trinajstić information content (AvgIpc) is 2.90. The fraction of sp³-hybridized carbons (Fsp3) is 0.438. The quantitative estimate of drug-likeness (QED) is 0.912. The van der Waals surface area contributed by atoms with Gasteiger partial charge in [0.25, 0.3) is 0 Å². The van der Waals surface area contributed by atoms with E-state index in [4.69, 9.17) is 10.2 Å². The number of nitrogens with zero attached hydrogens (tertiary/aromatic N) is 1. The van der Waals surface area contributed by atoms with E-state index >= 15 is 0 Å². The second-order valence-corrected chi connectivity index (χ2v) is 5.12. The maximum Gasteiger partial charge on any atom is 0.227 e. The predicted molar refractivity (Wildman–Crippen MR) is 80.2 cm³/mol. The van der Waals surface area contributed by atoms with Gasteiger partial charge in [-0.05, 0) is 26.0 Å². The molecule has 0 aliphatic carbocycles. The minimum absolute atomic E-state index is 0.0722. The van der Waals surface area contributed by atoms with E-state index in [2.05, 4.69) is 0 Å². The number of para-hydroxylation sites is 1. The summed E-state index contributed by atoms with van der Waals surface area (Å²) in [5.41, 5.74) is 6.45. The maximum atomic E-state index is 12.3. The first-order valence-electron chi connectivity index (χ1n) is 7.07. The molecule has 2 N–H and O–H groups in total. The molecule has 0 aliphatic rings. The summed E-state index contributed by atoms with van der Waals surface area (Å²) in [5, 5.41) is 1.06. The summed E-state index contributed by atoms with van der Waals surface area (Å²) in [6, 6.07) is 9.78. The number of nitrogens with two attached hydrogens (primary N) is 1.